The quantitative estimate of drug-likeness (QED) is 0.250. The van der Waals surface area contributed by atoms with Gasteiger partial charge in [0, 0.05) is 43.4 Å². The van der Waals surface area contributed by atoms with Crippen molar-refractivity contribution < 1.29 is 28.0 Å². The smallest absolute Gasteiger partial charge is 0.253 e. The van der Waals surface area contributed by atoms with Gasteiger partial charge in [0.1, 0.15) is 17.7 Å². The highest BCUT2D eigenvalue weighted by atomic mass is 19.1. The van der Waals surface area contributed by atoms with E-state index in [1.807, 2.05) is 13.8 Å². The first-order valence-electron chi connectivity index (χ1n) is 14.2. The molecule has 2 aromatic carbocycles. The normalized spacial score (nSPS) is 12.0. The van der Waals surface area contributed by atoms with Gasteiger partial charge in [-0.15, -0.1) is 0 Å². The van der Waals surface area contributed by atoms with E-state index in [4.69, 9.17) is 5.73 Å². The predicted octanol–water partition coefficient (Wildman–Crippen LogP) is 3.56. The molecule has 0 aliphatic heterocycles. The number of nitrogens with two attached hydrogens (primary N) is 1. The van der Waals surface area contributed by atoms with E-state index in [9.17, 15) is 28.0 Å². The van der Waals surface area contributed by atoms with Crippen LogP contribution in [0.15, 0.2) is 42.5 Å². The Kier molecular flexibility index (Phi) is 16.0. The Morgan fingerprint density at radius 2 is 1.45 bits per heavy atom. The Morgan fingerprint density at radius 3 is 1.95 bits per heavy atom. The van der Waals surface area contributed by atoms with Crippen molar-refractivity contribution in [1.29, 1.82) is 0 Å². The number of carbonyl (C=O) groups excluding carboxylic acids is 4. The number of carbonyl (C=O) groups is 4. The van der Waals surface area contributed by atoms with Crippen LogP contribution in [0.4, 0.5) is 8.78 Å². The van der Waals surface area contributed by atoms with Crippen LogP contribution in [0, 0.1) is 24.5 Å². The maximum absolute atomic E-state index is 12.8. The van der Waals surface area contributed by atoms with Crippen LogP contribution in [-0.2, 0) is 9.59 Å². The number of rotatable bonds is 14. The summed E-state index contributed by atoms with van der Waals surface area (Å²) in [4.78, 5) is 50.8. The molecule has 0 aliphatic carbocycles. The highest BCUT2D eigenvalue weighted by Crippen LogP contribution is 2.10. The van der Waals surface area contributed by atoms with Gasteiger partial charge in [-0.2, -0.15) is 0 Å². The third kappa shape index (κ3) is 12.8. The van der Waals surface area contributed by atoms with Crippen LogP contribution in [0.2, 0.25) is 0 Å². The molecule has 0 aliphatic rings. The van der Waals surface area contributed by atoms with E-state index < -0.39 is 29.6 Å². The summed E-state index contributed by atoms with van der Waals surface area (Å²) in [7, 11) is 0. The van der Waals surface area contributed by atoms with Gasteiger partial charge >= 0.3 is 0 Å². The van der Waals surface area contributed by atoms with E-state index >= 15 is 0 Å². The Bertz CT molecular complexity index is 1140. The summed E-state index contributed by atoms with van der Waals surface area (Å²) < 4.78 is 24.4. The monoisotopic (exact) mass is 589 g/mol. The average Bonchev–Trinajstić information content (AvgIpc) is 2.92. The molecule has 2 unspecified atom stereocenters. The van der Waals surface area contributed by atoms with Crippen LogP contribution in [0.3, 0.4) is 0 Å². The molecular formula is C31H45F2N5O4. The second kappa shape index (κ2) is 18.5. The molecule has 0 heterocycles. The van der Waals surface area contributed by atoms with E-state index in [1.165, 1.54) is 12.1 Å². The van der Waals surface area contributed by atoms with Gasteiger partial charge in [0.25, 0.3) is 11.8 Å². The Morgan fingerprint density at radius 1 is 0.881 bits per heavy atom. The van der Waals surface area contributed by atoms with Crippen molar-refractivity contribution in [3.63, 3.8) is 0 Å². The second-order valence-corrected chi connectivity index (χ2v) is 10.4. The lowest BCUT2D eigenvalue weighted by atomic mass is 10.0. The number of aryl methyl sites for hydroxylation is 1. The van der Waals surface area contributed by atoms with E-state index in [2.05, 4.69) is 16.0 Å². The molecule has 4 amide bonds. The lowest BCUT2D eigenvalue weighted by molar-refractivity contribution is -0.129. The Labute approximate surface area is 247 Å². The maximum atomic E-state index is 12.8. The van der Waals surface area contributed by atoms with Crippen molar-refractivity contribution in [1.82, 2.24) is 20.9 Å². The van der Waals surface area contributed by atoms with Crippen LogP contribution in [0.25, 0.3) is 0 Å². The first kappa shape index (κ1) is 36.2. The standard InChI is InChI=1S/C24H39N5O4.C7H6F2/c1-6-13-29(14-7-2)24(33)19-10-8-9-18(15-19)23(32)27-12-11-26-17(5)22(31)28-20(16(3)4)21(25)30;1-5-2-6(8)4-7(9)3-5/h8-10,15-17,20,26H,6-7,11-14H2,1-5H3,(H2,25,30)(H,27,32)(H,28,31);2-4H,1H3. The van der Waals surface area contributed by atoms with Gasteiger partial charge in [0.2, 0.25) is 11.8 Å². The predicted molar refractivity (Wildman–Crippen MR) is 160 cm³/mol. The van der Waals surface area contributed by atoms with Gasteiger partial charge in [-0.1, -0.05) is 33.8 Å². The molecule has 0 saturated heterocycles. The van der Waals surface area contributed by atoms with Gasteiger partial charge in [-0.3, -0.25) is 19.2 Å². The number of primary amides is 1. The minimum Gasteiger partial charge on any atom is -0.368 e. The molecule has 42 heavy (non-hydrogen) atoms. The minimum absolute atomic E-state index is 0.0782. The largest absolute Gasteiger partial charge is 0.368 e. The molecule has 232 valence electrons. The zero-order valence-electron chi connectivity index (χ0n) is 25.4. The molecule has 0 aromatic heterocycles. The Hall–Kier alpha value is -3.86. The molecule has 2 aromatic rings. The van der Waals surface area contributed by atoms with Gasteiger partial charge in [-0.05, 0) is 68.5 Å². The molecule has 0 fully saturated rings. The number of halogens is 2. The molecule has 2 atom stereocenters. The fraction of sp³-hybridized carbons (Fsp3) is 0.484. The molecule has 0 spiro atoms. The van der Waals surface area contributed by atoms with E-state index in [1.54, 1.807) is 56.9 Å². The van der Waals surface area contributed by atoms with Crippen molar-refractivity contribution in [2.24, 2.45) is 11.7 Å². The number of hydrogen-bond acceptors (Lipinski definition) is 5. The van der Waals surface area contributed by atoms with Crippen molar-refractivity contribution >= 4 is 23.6 Å². The van der Waals surface area contributed by atoms with Crippen molar-refractivity contribution in [3.05, 3.63) is 70.8 Å². The molecule has 0 saturated carbocycles. The maximum Gasteiger partial charge on any atom is 0.253 e. The fourth-order valence-corrected chi connectivity index (χ4v) is 4.03. The highest BCUT2D eigenvalue weighted by molar-refractivity contribution is 5.99. The third-order valence-electron chi connectivity index (χ3n) is 6.18. The minimum atomic E-state index is -0.734. The summed E-state index contributed by atoms with van der Waals surface area (Å²) in [6.45, 7) is 13.0. The van der Waals surface area contributed by atoms with Gasteiger partial charge in [-0.25, -0.2) is 8.78 Å². The lowest BCUT2D eigenvalue weighted by Gasteiger charge is -2.22. The van der Waals surface area contributed by atoms with Crippen LogP contribution < -0.4 is 21.7 Å². The van der Waals surface area contributed by atoms with Crippen LogP contribution in [0.1, 0.15) is 73.7 Å². The summed E-state index contributed by atoms with van der Waals surface area (Å²) in [5.74, 6) is -2.45. The van der Waals surface area contributed by atoms with Crippen LogP contribution >= 0.6 is 0 Å². The molecule has 9 nitrogen and oxygen atoms in total. The topological polar surface area (TPSA) is 134 Å². The zero-order valence-corrected chi connectivity index (χ0v) is 25.4. The van der Waals surface area contributed by atoms with Gasteiger partial charge in [0.05, 0.1) is 6.04 Å². The summed E-state index contributed by atoms with van der Waals surface area (Å²) >= 11 is 0. The molecule has 2 rings (SSSR count). The molecular weight excluding hydrogens is 544 g/mol. The van der Waals surface area contributed by atoms with Crippen molar-refractivity contribution in [2.45, 2.75) is 66.5 Å². The van der Waals surface area contributed by atoms with E-state index in [0.29, 0.717) is 36.3 Å². The second-order valence-electron chi connectivity index (χ2n) is 10.4. The number of benzene rings is 2. The molecule has 0 radical (unpaired) electrons. The summed E-state index contributed by atoms with van der Waals surface area (Å²) in [5.41, 5.74) is 6.82. The molecule has 0 bridgehead atoms. The molecule has 5 N–H and O–H groups in total. The average molecular weight is 590 g/mol. The van der Waals surface area contributed by atoms with Crippen LogP contribution in [0.5, 0.6) is 0 Å². The van der Waals surface area contributed by atoms with Gasteiger partial charge < -0.3 is 26.6 Å². The third-order valence-corrected chi connectivity index (χ3v) is 6.18. The first-order chi connectivity index (χ1) is 19.8. The van der Waals surface area contributed by atoms with E-state index in [0.717, 1.165) is 18.9 Å². The number of nitrogens with zero attached hydrogens (tertiary/aromatic N) is 1. The first-order valence-corrected chi connectivity index (χ1v) is 14.2. The number of amides is 4. The van der Waals surface area contributed by atoms with Gasteiger partial charge in [0.15, 0.2) is 0 Å². The lowest BCUT2D eigenvalue weighted by Crippen LogP contribution is -2.53. The summed E-state index contributed by atoms with van der Waals surface area (Å²) in [5, 5.41) is 8.43. The SMILES string of the molecule is CCCN(CCC)C(=O)c1cccc(C(=O)NCCNC(C)C(=O)NC(C(N)=O)C(C)C)c1.Cc1cc(F)cc(F)c1. The molecule has 11 heteroatoms. The number of hydrogen-bond donors (Lipinski definition) is 4. The highest BCUT2D eigenvalue weighted by Gasteiger charge is 2.24. The summed E-state index contributed by atoms with van der Waals surface area (Å²) in [6.07, 6.45) is 1.74. The van der Waals surface area contributed by atoms with Crippen molar-refractivity contribution in [2.75, 3.05) is 26.2 Å². The Balaban J connectivity index is 0.000000827. The summed E-state index contributed by atoms with van der Waals surface area (Å²) in [6, 6.07) is 8.81. The van der Waals surface area contributed by atoms with Crippen LogP contribution in [-0.4, -0.2) is 66.8 Å². The van der Waals surface area contributed by atoms with E-state index in [-0.39, 0.29) is 30.2 Å². The van der Waals surface area contributed by atoms with Crippen molar-refractivity contribution in [3.8, 4) is 0 Å². The zero-order chi connectivity index (χ0) is 31.8. The fourth-order valence-electron chi connectivity index (χ4n) is 4.03. The number of nitrogens with one attached hydrogen (secondary N) is 3.